The van der Waals surface area contributed by atoms with Gasteiger partial charge in [0.05, 0.1) is 18.8 Å². The molecule has 1 N–H and O–H groups in total. The highest BCUT2D eigenvalue weighted by Crippen LogP contribution is 2.36. The number of carbonyl (C=O) groups excluding carboxylic acids is 1. The third kappa shape index (κ3) is 2.45. The Balaban J connectivity index is 1.62. The summed E-state index contributed by atoms with van der Waals surface area (Å²) in [5.41, 5.74) is -0.194. The molecule has 0 aromatic heterocycles. The zero-order valence-electron chi connectivity index (χ0n) is 10.7. The monoisotopic (exact) mass is 255 g/mol. The summed E-state index contributed by atoms with van der Waals surface area (Å²) in [6.45, 7) is 4.19. The minimum atomic E-state index is -0.263. The van der Waals surface area contributed by atoms with Gasteiger partial charge in [0.1, 0.15) is 6.10 Å². The van der Waals surface area contributed by atoms with Crippen molar-refractivity contribution < 1.29 is 19.0 Å². The van der Waals surface area contributed by atoms with E-state index in [4.69, 9.17) is 14.2 Å². The molecule has 18 heavy (non-hydrogen) atoms. The van der Waals surface area contributed by atoms with Gasteiger partial charge in [-0.15, -0.1) is 0 Å². The molecule has 3 aliphatic rings. The molecule has 3 atom stereocenters. The molecule has 0 aliphatic carbocycles. The molecule has 0 radical (unpaired) electrons. The highest BCUT2D eigenvalue weighted by molar-refractivity contribution is 5.86. The van der Waals surface area contributed by atoms with Gasteiger partial charge in [0.25, 0.3) is 0 Å². The number of nitrogens with one attached hydrogen (secondary N) is 1. The molecule has 0 bridgehead atoms. The third-order valence-corrected chi connectivity index (χ3v) is 4.21. The number of ketones is 1. The van der Waals surface area contributed by atoms with Crippen molar-refractivity contribution in [3.05, 3.63) is 0 Å². The van der Waals surface area contributed by atoms with E-state index < -0.39 is 0 Å². The minimum Gasteiger partial charge on any atom is -0.378 e. The summed E-state index contributed by atoms with van der Waals surface area (Å²) in [5, 5.41) is 3.21. The molecule has 3 rings (SSSR count). The first kappa shape index (κ1) is 12.5. The van der Waals surface area contributed by atoms with Crippen LogP contribution in [0.3, 0.4) is 0 Å². The van der Waals surface area contributed by atoms with Crippen molar-refractivity contribution >= 4 is 5.78 Å². The van der Waals surface area contributed by atoms with E-state index in [2.05, 4.69) is 5.32 Å². The van der Waals surface area contributed by atoms with Gasteiger partial charge in [-0.25, -0.2) is 0 Å². The Kier molecular flexibility index (Phi) is 3.66. The second kappa shape index (κ2) is 5.25. The lowest BCUT2D eigenvalue weighted by molar-refractivity contribution is -0.148. The van der Waals surface area contributed by atoms with Gasteiger partial charge < -0.3 is 19.5 Å². The normalized spacial score (nSPS) is 41.1. The molecule has 3 aliphatic heterocycles. The minimum absolute atomic E-state index is 0.0744. The van der Waals surface area contributed by atoms with E-state index in [1.165, 1.54) is 0 Å². The van der Waals surface area contributed by atoms with Crippen molar-refractivity contribution in [1.82, 2.24) is 5.32 Å². The Hall–Kier alpha value is -0.490. The van der Waals surface area contributed by atoms with Gasteiger partial charge in [0, 0.05) is 38.6 Å². The summed E-state index contributed by atoms with van der Waals surface area (Å²) in [5.74, 6) is 0.321. The maximum absolute atomic E-state index is 12.4. The van der Waals surface area contributed by atoms with E-state index >= 15 is 0 Å². The number of carbonyl (C=O) groups is 1. The lowest BCUT2D eigenvalue weighted by atomic mass is 9.81. The SMILES string of the molecule is O=C(C1CCOC2(CCOC2)C1)C1CNCCO1. The van der Waals surface area contributed by atoms with Crippen LogP contribution < -0.4 is 5.32 Å². The lowest BCUT2D eigenvalue weighted by Gasteiger charge is -2.37. The summed E-state index contributed by atoms with van der Waals surface area (Å²) >= 11 is 0. The van der Waals surface area contributed by atoms with Crippen LogP contribution in [0.15, 0.2) is 0 Å². The number of Topliss-reactive ketones (excluding diaryl/α,β-unsaturated/α-hetero) is 1. The van der Waals surface area contributed by atoms with Crippen LogP contribution in [0.4, 0.5) is 0 Å². The molecule has 0 amide bonds. The third-order valence-electron chi connectivity index (χ3n) is 4.21. The largest absolute Gasteiger partial charge is 0.378 e. The predicted molar refractivity (Wildman–Crippen MR) is 64.5 cm³/mol. The van der Waals surface area contributed by atoms with Crippen LogP contribution in [0, 0.1) is 5.92 Å². The Bertz CT molecular complexity index is 308. The summed E-state index contributed by atoms with van der Waals surface area (Å²) in [6.07, 6.45) is 2.27. The number of ether oxygens (including phenoxy) is 3. The van der Waals surface area contributed by atoms with Crippen LogP contribution in [-0.2, 0) is 19.0 Å². The van der Waals surface area contributed by atoms with Gasteiger partial charge in [-0.2, -0.15) is 0 Å². The first-order valence-electron chi connectivity index (χ1n) is 6.87. The molecule has 5 nitrogen and oxygen atoms in total. The van der Waals surface area contributed by atoms with E-state index in [1.54, 1.807) is 0 Å². The predicted octanol–water partition coefficient (Wildman–Crippen LogP) is 0.130. The first-order chi connectivity index (χ1) is 8.79. The number of morpholine rings is 1. The van der Waals surface area contributed by atoms with Gasteiger partial charge in [0.15, 0.2) is 5.78 Å². The molecule has 0 saturated carbocycles. The maximum atomic E-state index is 12.4. The molecule has 5 heteroatoms. The second-order valence-electron chi connectivity index (χ2n) is 5.49. The zero-order chi connectivity index (χ0) is 12.4. The number of rotatable bonds is 2. The van der Waals surface area contributed by atoms with Crippen molar-refractivity contribution in [3.8, 4) is 0 Å². The molecule has 0 aromatic rings. The fourth-order valence-electron chi connectivity index (χ4n) is 3.14. The van der Waals surface area contributed by atoms with Crippen LogP contribution in [0.2, 0.25) is 0 Å². The standard InChI is InChI=1S/C13H21NO4/c15-12(11-8-14-3-6-17-11)10-1-4-18-13(7-10)2-5-16-9-13/h10-11,14H,1-9H2. The quantitative estimate of drug-likeness (QED) is 0.760. The van der Waals surface area contributed by atoms with Crippen LogP contribution in [0.25, 0.3) is 0 Å². The van der Waals surface area contributed by atoms with Crippen molar-refractivity contribution in [2.45, 2.75) is 31.0 Å². The van der Waals surface area contributed by atoms with E-state index in [9.17, 15) is 4.79 Å². The molecule has 3 saturated heterocycles. The smallest absolute Gasteiger partial charge is 0.166 e. The van der Waals surface area contributed by atoms with Gasteiger partial charge in [-0.3, -0.25) is 4.79 Å². The summed E-state index contributed by atoms with van der Waals surface area (Å²) in [6, 6.07) is 0. The van der Waals surface area contributed by atoms with Gasteiger partial charge in [0.2, 0.25) is 0 Å². The molecular weight excluding hydrogens is 234 g/mol. The molecule has 3 fully saturated rings. The van der Waals surface area contributed by atoms with E-state index in [1.807, 2.05) is 0 Å². The van der Waals surface area contributed by atoms with Gasteiger partial charge in [-0.1, -0.05) is 0 Å². The number of hydrogen-bond acceptors (Lipinski definition) is 5. The molecule has 0 aromatic carbocycles. The Morgan fingerprint density at radius 2 is 2.22 bits per heavy atom. The lowest BCUT2D eigenvalue weighted by Crippen LogP contribution is -2.49. The molecule has 102 valence electrons. The first-order valence-corrected chi connectivity index (χ1v) is 6.87. The molecule has 1 spiro atoms. The Morgan fingerprint density at radius 3 is 2.94 bits per heavy atom. The average Bonchev–Trinajstić information content (AvgIpc) is 2.87. The van der Waals surface area contributed by atoms with E-state index in [0.29, 0.717) is 26.4 Å². The van der Waals surface area contributed by atoms with Gasteiger partial charge in [-0.05, 0) is 12.8 Å². The summed E-state index contributed by atoms with van der Waals surface area (Å²) < 4.78 is 16.9. The Labute approximate surface area is 107 Å². The van der Waals surface area contributed by atoms with Crippen molar-refractivity contribution in [1.29, 1.82) is 0 Å². The molecular formula is C13H21NO4. The van der Waals surface area contributed by atoms with Crippen LogP contribution in [0.5, 0.6) is 0 Å². The second-order valence-corrected chi connectivity index (χ2v) is 5.49. The van der Waals surface area contributed by atoms with E-state index in [0.717, 1.165) is 32.4 Å². The van der Waals surface area contributed by atoms with Crippen molar-refractivity contribution in [3.63, 3.8) is 0 Å². The zero-order valence-corrected chi connectivity index (χ0v) is 10.7. The highest BCUT2D eigenvalue weighted by Gasteiger charge is 2.44. The van der Waals surface area contributed by atoms with Crippen LogP contribution >= 0.6 is 0 Å². The van der Waals surface area contributed by atoms with E-state index in [-0.39, 0.29) is 23.4 Å². The van der Waals surface area contributed by atoms with Gasteiger partial charge >= 0.3 is 0 Å². The van der Waals surface area contributed by atoms with Crippen molar-refractivity contribution in [2.75, 3.05) is 39.5 Å². The molecule has 3 heterocycles. The fourth-order valence-corrected chi connectivity index (χ4v) is 3.14. The van der Waals surface area contributed by atoms with Crippen LogP contribution in [0.1, 0.15) is 19.3 Å². The Morgan fingerprint density at radius 1 is 1.28 bits per heavy atom. The summed E-state index contributed by atoms with van der Waals surface area (Å²) in [7, 11) is 0. The summed E-state index contributed by atoms with van der Waals surface area (Å²) in [4.78, 5) is 12.4. The number of hydrogen-bond donors (Lipinski definition) is 1. The van der Waals surface area contributed by atoms with Crippen LogP contribution in [-0.4, -0.2) is 57.0 Å². The maximum Gasteiger partial charge on any atom is 0.166 e. The highest BCUT2D eigenvalue weighted by atomic mass is 16.6. The fraction of sp³-hybridized carbons (Fsp3) is 0.923. The topological polar surface area (TPSA) is 56.8 Å². The molecule has 3 unspecified atom stereocenters. The average molecular weight is 255 g/mol. The van der Waals surface area contributed by atoms with Crippen molar-refractivity contribution in [2.24, 2.45) is 5.92 Å².